The zero-order valence-electron chi connectivity index (χ0n) is 15.3. The van der Waals surface area contributed by atoms with E-state index in [1.807, 2.05) is 24.3 Å². The highest BCUT2D eigenvalue weighted by Crippen LogP contribution is 2.17. The smallest absolute Gasteiger partial charge is 0.255 e. The molecule has 0 unspecified atom stereocenters. The van der Waals surface area contributed by atoms with Crippen molar-refractivity contribution in [3.8, 4) is 11.5 Å². The van der Waals surface area contributed by atoms with Crippen molar-refractivity contribution < 1.29 is 14.3 Å². The molecule has 0 aliphatic rings. The lowest BCUT2D eigenvalue weighted by molar-refractivity contribution is 0.102. The van der Waals surface area contributed by atoms with E-state index < -0.39 is 0 Å². The monoisotopic (exact) mass is 397 g/mol. The fraction of sp³-hybridized carbons (Fsp3) is 0.143. The van der Waals surface area contributed by atoms with Crippen LogP contribution in [-0.4, -0.2) is 31.2 Å². The third kappa shape index (κ3) is 5.62. The number of nitrogens with one attached hydrogen (secondary N) is 2. The minimum atomic E-state index is -0.220. The molecule has 0 saturated carbocycles. The van der Waals surface area contributed by atoms with Crippen LogP contribution in [0.25, 0.3) is 0 Å². The molecule has 0 bridgehead atoms. The summed E-state index contributed by atoms with van der Waals surface area (Å²) in [4.78, 5) is 16.6. The van der Waals surface area contributed by atoms with Crippen molar-refractivity contribution in [2.45, 2.75) is 0 Å². The third-order valence-corrected chi connectivity index (χ3v) is 4.11. The summed E-state index contributed by atoms with van der Waals surface area (Å²) in [6, 6.07) is 17.7. The van der Waals surface area contributed by atoms with Crippen molar-refractivity contribution in [3.63, 3.8) is 0 Å². The zero-order chi connectivity index (χ0) is 19.8. The number of amides is 1. The average molecular weight is 398 g/mol. The Morgan fingerprint density at radius 2 is 1.75 bits per heavy atom. The number of aromatic nitrogens is 1. The number of nitrogens with zero attached hydrogens (tertiary/aromatic N) is 1. The number of carbonyl (C=O) groups excluding carboxylic acids is 1. The van der Waals surface area contributed by atoms with Gasteiger partial charge in [0.2, 0.25) is 0 Å². The predicted molar refractivity (Wildman–Crippen MR) is 111 cm³/mol. The highest BCUT2D eigenvalue weighted by Gasteiger charge is 2.07. The topological polar surface area (TPSA) is 72.5 Å². The standard InChI is InChI=1S/C21H20ClN3O3/c1-27-18-6-8-19(9-7-18)28-13-12-24-20-14-15(10-11-23-20)21(26)25-17-4-2-16(22)3-5-17/h2-11,14H,12-13H2,1H3,(H,23,24)(H,25,26). The molecule has 0 atom stereocenters. The van der Waals surface area contributed by atoms with E-state index in [1.54, 1.807) is 49.7 Å². The number of hydrogen-bond acceptors (Lipinski definition) is 5. The van der Waals surface area contributed by atoms with Crippen molar-refractivity contribution in [1.82, 2.24) is 4.98 Å². The maximum Gasteiger partial charge on any atom is 0.255 e. The number of anilines is 2. The van der Waals surface area contributed by atoms with Gasteiger partial charge in [-0.25, -0.2) is 4.98 Å². The van der Waals surface area contributed by atoms with Gasteiger partial charge in [-0.2, -0.15) is 0 Å². The Morgan fingerprint density at radius 1 is 1.04 bits per heavy atom. The second kappa shape index (κ2) is 9.62. The molecule has 3 aromatic rings. The van der Waals surface area contributed by atoms with Crippen LogP contribution in [0.3, 0.4) is 0 Å². The number of rotatable bonds is 8. The molecule has 2 N–H and O–H groups in total. The Kier molecular flexibility index (Phi) is 6.70. The van der Waals surface area contributed by atoms with Gasteiger partial charge in [0.15, 0.2) is 0 Å². The molecule has 1 aromatic heterocycles. The van der Waals surface area contributed by atoms with E-state index in [2.05, 4.69) is 15.6 Å². The molecule has 1 heterocycles. The SMILES string of the molecule is COc1ccc(OCCNc2cc(C(=O)Nc3ccc(Cl)cc3)ccn2)cc1. The highest BCUT2D eigenvalue weighted by atomic mass is 35.5. The number of ether oxygens (including phenoxy) is 2. The first-order valence-corrected chi connectivity index (χ1v) is 9.05. The molecule has 28 heavy (non-hydrogen) atoms. The first-order valence-electron chi connectivity index (χ1n) is 8.68. The van der Waals surface area contributed by atoms with Gasteiger partial charge in [-0.05, 0) is 60.7 Å². The Labute approximate surface area is 168 Å². The Balaban J connectivity index is 1.49. The summed E-state index contributed by atoms with van der Waals surface area (Å²) in [5.74, 6) is 1.92. The second-order valence-corrected chi connectivity index (χ2v) is 6.28. The first kappa shape index (κ1) is 19.5. The Hall–Kier alpha value is -3.25. The number of pyridine rings is 1. The van der Waals surface area contributed by atoms with Gasteiger partial charge in [-0.15, -0.1) is 0 Å². The van der Waals surface area contributed by atoms with E-state index in [-0.39, 0.29) is 5.91 Å². The van der Waals surface area contributed by atoms with E-state index >= 15 is 0 Å². The minimum absolute atomic E-state index is 0.220. The predicted octanol–water partition coefficient (Wildman–Crippen LogP) is 4.49. The average Bonchev–Trinajstić information content (AvgIpc) is 2.73. The lowest BCUT2D eigenvalue weighted by Crippen LogP contribution is -2.15. The van der Waals surface area contributed by atoms with Gasteiger partial charge in [0.1, 0.15) is 23.9 Å². The van der Waals surface area contributed by atoms with Crippen LogP contribution in [0, 0.1) is 0 Å². The van der Waals surface area contributed by atoms with E-state index in [1.165, 1.54) is 0 Å². The number of halogens is 1. The zero-order valence-corrected chi connectivity index (χ0v) is 16.1. The van der Waals surface area contributed by atoms with Crippen LogP contribution in [0.1, 0.15) is 10.4 Å². The molecule has 0 spiro atoms. The van der Waals surface area contributed by atoms with Gasteiger partial charge < -0.3 is 20.1 Å². The molecule has 0 saturated heterocycles. The number of carbonyl (C=O) groups is 1. The van der Waals surface area contributed by atoms with E-state index in [0.717, 1.165) is 11.5 Å². The van der Waals surface area contributed by atoms with E-state index in [9.17, 15) is 4.79 Å². The number of hydrogen-bond donors (Lipinski definition) is 2. The normalized spacial score (nSPS) is 10.2. The van der Waals surface area contributed by atoms with Gasteiger partial charge in [0, 0.05) is 22.5 Å². The van der Waals surface area contributed by atoms with Crippen LogP contribution in [0.2, 0.25) is 5.02 Å². The van der Waals surface area contributed by atoms with Crippen molar-refractivity contribution in [2.75, 3.05) is 30.9 Å². The van der Waals surface area contributed by atoms with Crippen LogP contribution in [0.4, 0.5) is 11.5 Å². The maximum atomic E-state index is 12.4. The summed E-state index contributed by atoms with van der Waals surface area (Å²) in [6.07, 6.45) is 1.59. The molecule has 0 aliphatic carbocycles. The molecule has 0 radical (unpaired) electrons. The summed E-state index contributed by atoms with van der Waals surface area (Å²) in [5, 5.41) is 6.58. The number of benzene rings is 2. The van der Waals surface area contributed by atoms with Crippen molar-refractivity contribution in [2.24, 2.45) is 0 Å². The largest absolute Gasteiger partial charge is 0.497 e. The minimum Gasteiger partial charge on any atom is -0.497 e. The molecule has 7 heteroatoms. The van der Waals surface area contributed by atoms with Crippen LogP contribution in [-0.2, 0) is 0 Å². The molecule has 3 rings (SSSR count). The fourth-order valence-corrected chi connectivity index (χ4v) is 2.55. The summed E-state index contributed by atoms with van der Waals surface area (Å²) < 4.78 is 10.8. The van der Waals surface area contributed by atoms with Crippen molar-refractivity contribution in [1.29, 1.82) is 0 Å². The lowest BCUT2D eigenvalue weighted by atomic mass is 10.2. The first-order chi connectivity index (χ1) is 13.6. The molecule has 6 nitrogen and oxygen atoms in total. The molecule has 144 valence electrons. The molecular formula is C21H20ClN3O3. The highest BCUT2D eigenvalue weighted by molar-refractivity contribution is 6.30. The van der Waals surface area contributed by atoms with Crippen LogP contribution in [0.15, 0.2) is 66.9 Å². The van der Waals surface area contributed by atoms with Crippen LogP contribution >= 0.6 is 11.6 Å². The van der Waals surface area contributed by atoms with Crippen molar-refractivity contribution in [3.05, 3.63) is 77.4 Å². The summed E-state index contributed by atoms with van der Waals surface area (Å²) >= 11 is 5.85. The molecule has 2 aromatic carbocycles. The van der Waals surface area contributed by atoms with Gasteiger partial charge in [-0.1, -0.05) is 11.6 Å². The molecular weight excluding hydrogens is 378 g/mol. The lowest BCUT2D eigenvalue weighted by Gasteiger charge is -2.10. The Bertz CT molecular complexity index is 915. The Morgan fingerprint density at radius 3 is 2.46 bits per heavy atom. The van der Waals surface area contributed by atoms with Crippen LogP contribution in [0.5, 0.6) is 11.5 Å². The maximum absolute atomic E-state index is 12.4. The second-order valence-electron chi connectivity index (χ2n) is 5.84. The van der Waals surface area contributed by atoms with Gasteiger partial charge in [0.25, 0.3) is 5.91 Å². The fourth-order valence-electron chi connectivity index (χ4n) is 2.42. The quantitative estimate of drug-likeness (QED) is 0.548. The summed E-state index contributed by atoms with van der Waals surface area (Å²) in [7, 11) is 1.62. The van der Waals surface area contributed by atoms with Gasteiger partial charge in [0.05, 0.1) is 13.7 Å². The summed E-state index contributed by atoms with van der Waals surface area (Å²) in [5.41, 5.74) is 1.18. The van der Waals surface area contributed by atoms with Gasteiger partial charge >= 0.3 is 0 Å². The van der Waals surface area contributed by atoms with E-state index in [0.29, 0.717) is 35.2 Å². The number of methoxy groups -OCH3 is 1. The van der Waals surface area contributed by atoms with Crippen molar-refractivity contribution >= 4 is 29.0 Å². The van der Waals surface area contributed by atoms with Crippen LogP contribution < -0.4 is 20.1 Å². The van der Waals surface area contributed by atoms with E-state index in [4.69, 9.17) is 21.1 Å². The third-order valence-electron chi connectivity index (χ3n) is 3.86. The summed E-state index contributed by atoms with van der Waals surface area (Å²) in [6.45, 7) is 0.997. The van der Waals surface area contributed by atoms with Gasteiger partial charge in [-0.3, -0.25) is 4.79 Å². The molecule has 0 aliphatic heterocycles. The molecule has 1 amide bonds. The molecule has 0 fully saturated rings.